The number of ether oxygens (including phenoxy) is 1. The summed E-state index contributed by atoms with van der Waals surface area (Å²) in [7, 11) is 1.74. The molecule has 0 unspecified atom stereocenters. The number of methoxy groups -OCH3 is 1. The highest BCUT2D eigenvalue weighted by atomic mass is 79.9. The zero-order valence-electron chi connectivity index (χ0n) is 17.6. The van der Waals surface area contributed by atoms with Crippen LogP contribution in [0.3, 0.4) is 0 Å². The van der Waals surface area contributed by atoms with Gasteiger partial charge in [0.05, 0.1) is 7.11 Å². The normalized spacial score (nSPS) is 21.0. The van der Waals surface area contributed by atoms with E-state index in [0.29, 0.717) is 12.0 Å². The van der Waals surface area contributed by atoms with Gasteiger partial charge in [-0.2, -0.15) is 0 Å². The van der Waals surface area contributed by atoms with Gasteiger partial charge in [-0.1, -0.05) is 35.2 Å². The summed E-state index contributed by atoms with van der Waals surface area (Å²) in [5, 5.41) is 9.51. The standard InChI is InChI=1S/C24H38BrNO2/c1-28-22-6-7-23(25)21(19-22)18-20-8-15-26(16-9-20)14-5-12-24(13-17-27)10-3-2-4-11-24/h6-7,19-20,27H,2-5,8-18H2,1H3. The van der Waals surface area contributed by atoms with Crippen molar-refractivity contribution in [1.82, 2.24) is 4.90 Å². The minimum absolute atomic E-state index is 0.366. The van der Waals surface area contributed by atoms with Crippen LogP contribution in [0.1, 0.15) is 69.8 Å². The maximum atomic E-state index is 9.51. The lowest BCUT2D eigenvalue weighted by Crippen LogP contribution is -2.36. The summed E-state index contributed by atoms with van der Waals surface area (Å²) in [4.78, 5) is 2.67. The van der Waals surface area contributed by atoms with Crippen LogP contribution in [0.5, 0.6) is 5.75 Å². The lowest BCUT2D eigenvalue weighted by Gasteiger charge is -2.38. The van der Waals surface area contributed by atoms with Crippen LogP contribution in [0.15, 0.2) is 22.7 Å². The maximum absolute atomic E-state index is 9.51. The van der Waals surface area contributed by atoms with Crippen molar-refractivity contribution < 1.29 is 9.84 Å². The highest BCUT2D eigenvalue weighted by Crippen LogP contribution is 2.43. The molecule has 1 aliphatic heterocycles. The van der Waals surface area contributed by atoms with Gasteiger partial charge in [0.25, 0.3) is 0 Å². The third-order valence-corrected chi connectivity index (χ3v) is 7.98. The van der Waals surface area contributed by atoms with E-state index in [1.54, 1.807) is 7.11 Å². The number of nitrogens with zero attached hydrogens (tertiary/aromatic N) is 1. The van der Waals surface area contributed by atoms with Crippen LogP contribution in [-0.2, 0) is 6.42 Å². The summed E-state index contributed by atoms with van der Waals surface area (Å²) >= 11 is 3.70. The quantitative estimate of drug-likeness (QED) is 0.512. The van der Waals surface area contributed by atoms with E-state index in [9.17, 15) is 5.11 Å². The van der Waals surface area contributed by atoms with E-state index in [-0.39, 0.29) is 0 Å². The number of hydrogen-bond donors (Lipinski definition) is 1. The van der Waals surface area contributed by atoms with E-state index in [2.05, 4.69) is 33.0 Å². The number of aliphatic hydroxyl groups is 1. The molecule has 0 aromatic heterocycles. The van der Waals surface area contributed by atoms with Crippen LogP contribution in [-0.4, -0.2) is 43.4 Å². The van der Waals surface area contributed by atoms with Crippen molar-refractivity contribution in [3.8, 4) is 5.75 Å². The van der Waals surface area contributed by atoms with Crippen LogP contribution in [0.25, 0.3) is 0 Å². The van der Waals surface area contributed by atoms with Crippen LogP contribution >= 0.6 is 15.9 Å². The minimum atomic E-state index is 0.366. The molecule has 28 heavy (non-hydrogen) atoms. The van der Waals surface area contributed by atoms with E-state index < -0.39 is 0 Å². The largest absolute Gasteiger partial charge is 0.497 e. The molecule has 1 aromatic carbocycles. The summed E-state index contributed by atoms with van der Waals surface area (Å²) < 4.78 is 6.60. The summed E-state index contributed by atoms with van der Waals surface area (Å²) in [6.07, 6.45) is 14.2. The van der Waals surface area contributed by atoms with Gasteiger partial charge in [0.1, 0.15) is 5.75 Å². The molecule has 4 heteroatoms. The van der Waals surface area contributed by atoms with E-state index in [1.807, 2.05) is 6.07 Å². The van der Waals surface area contributed by atoms with Crippen LogP contribution in [0.2, 0.25) is 0 Å². The summed E-state index contributed by atoms with van der Waals surface area (Å²) in [5.74, 6) is 1.73. The molecule has 2 aliphatic rings. The van der Waals surface area contributed by atoms with Gasteiger partial charge < -0.3 is 14.7 Å². The Hall–Kier alpha value is -0.580. The molecule has 0 atom stereocenters. The molecule has 3 rings (SSSR count). The van der Waals surface area contributed by atoms with E-state index in [4.69, 9.17) is 4.74 Å². The first-order valence-corrected chi connectivity index (χ1v) is 12.1. The second kappa shape index (κ2) is 11.0. The Morgan fingerprint density at radius 1 is 1.14 bits per heavy atom. The van der Waals surface area contributed by atoms with Crippen molar-refractivity contribution >= 4 is 15.9 Å². The number of benzene rings is 1. The van der Waals surface area contributed by atoms with Crippen LogP contribution in [0.4, 0.5) is 0 Å². The average molecular weight is 452 g/mol. The number of rotatable bonds is 9. The van der Waals surface area contributed by atoms with E-state index in [0.717, 1.165) is 24.5 Å². The molecular formula is C24H38BrNO2. The average Bonchev–Trinajstić information content (AvgIpc) is 2.72. The van der Waals surface area contributed by atoms with Gasteiger partial charge in [-0.25, -0.2) is 0 Å². The summed E-state index contributed by atoms with van der Waals surface area (Å²) in [5.41, 5.74) is 1.82. The maximum Gasteiger partial charge on any atom is 0.119 e. The van der Waals surface area contributed by atoms with E-state index >= 15 is 0 Å². The number of halogens is 1. The van der Waals surface area contributed by atoms with E-state index in [1.165, 1.54) is 87.5 Å². The molecule has 3 nitrogen and oxygen atoms in total. The third-order valence-electron chi connectivity index (χ3n) is 7.21. The molecule has 1 saturated heterocycles. The Balaban J connectivity index is 1.40. The SMILES string of the molecule is COc1ccc(Br)c(CC2CCN(CCCC3(CCO)CCCCC3)CC2)c1. The van der Waals surface area contributed by atoms with Crippen molar-refractivity contribution in [2.24, 2.45) is 11.3 Å². The molecule has 2 fully saturated rings. The van der Waals surface area contributed by atoms with Crippen molar-refractivity contribution in [3.05, 3.63) is 28.2 Å². The minimum Gasteiger partial charge on any atom is -0.497 e. The second-order valence-electron chi connectivity index (χ2n) is 9.08. The molecule has 1 N–H and O–H groups in total. The van der Waals surface area contributed by atoms with Gasteiger partial charge in [0, 0.05) is 11.1 Å². The monoisotopic (exact) mass is 451 g/mol. The number of piperidine rings is 1. The molecule has 0 spiro atoms. The fourth-order valence-electron chi connectivity index (χ4n) is 5.40. The molecule has 1 aromatic rings. The number of likely N-dealkylation sites (tertiary alicyclic amines) is 1. The predicted molar refractivity (Wildman–Crippen MR) is 120 cm³/mol. The number of hydrogen-bond acceptors (Lipinski definition) is 3. The third kappa shape index (κ3) is 6.21. The number of aliphatic hydroxyl groups excluding tert-OH is 1. The van der Waals surface area contributed by atoms with Gasteiger partial charge in [-0.15, -0.1) is 0 Å². The fraction of sp³-hybridized carbons (Fsp3) is 0.750. The topological polar surface area (TPSA) is 32.7 Å². The molecule has 158 valence electrons. The molecule has 1 aliphatic carbocycles. The highest BCUT2D eigenvalue weighted by molar-refractivity contribution is 9.10. The Kier molecular flexibility index (Phi) is 8.68. The zero-order chi connectivity index (χ0) is 19.8. The molecular weight excluding hydrogens is 414 g/mol. The molecule has 0 bridgehead atoms. The van der Waals surface area contributed by atoms with Gasteiger partial charge >= 0.3 is 0 Å². The first kappa shape index (κ1) is 22.1. The van der Waals surface area contributed by atoms with Crippen molar-refractivity contribution in [2.45, 2.75) is 70.6 Å². The Morgan fingerprint density at radius 2 is 1.89 bits per heavy atom. The predicted octanol–water partition coefficient (Wildman–Crippen LogP) is 5.83. The van der Waals surface area contributed by atoms with Crippen molar-refractivity contribution in [2.75, 3.05) is 33.4 Å². The Bertz CT molecular complexity index is 587. The fourth-order valence-corrected chi connectivity index (χ4v) is 5.81. The first-order chi connectivity index (χ1) is 13.6. The van der Waals surface area contributed by atoms with Crippen LogP contribution < -0.4 is 4.74 Å². The zero-order valence-corrected chi connectivity index (χ0v) is 19.2. The van der Waals surface area contributed by atoms with Gasteiger partial charge in [-0.05, 0) is 106 Å². The lowest BCUT2D eigenvalue weighted by atomic mass is 9.69. The van der Waals surface area contributed by atoms with Gasteiger partial charge in [-0.3, -0.25) is 0 Å². The lowest BCUT2D eigenvalue weighted by molar-refractivity contribution is 0.105. The Morgan fingerprint density at radius 3 is 2.57 bits per heavy atom. The molecule has 1 saturated carbocycles. The second-order valence-corrected chi connectivity index (χ2v) is 9.94. The molecule has 0 amide bonds. The molecule has 0 radical (unpaired) electrons. The van der Waals surface area contributed by atoms with Crippen molar-refractivity contribution in [1.29, 1.82) is 0 Å². The smallest absolute Gasteiger partial charge is 0.119 e. The van der Waals surface area contributed by atoms with Gasteiger partial charge in [0.2, 0.25) is 0 Å². The van der Waals surface area contributed by atoms with Gasteiger partial charge in [0.15, 0.2) is 0 Å². The van der Waals surface area contributed by atoms with Crippen LogP contribution in [0, 0.1) is 11.3 Å². The summed E-state index contributed by atoms with van der Waals surface area (Å²) in [6.45, 7) is 4.08. The Labute approximate surface area is 180 Å². The first-order valence-electron chi connectivity index (χ1n) is 11.3. The van der Waals surface area contributed by atoms with Crippen molar-refractivity contribution in [3.63, 3.8) is 0 Å². The summed E-state index contributed by atoms with van der Waals surface area (Å²) in [6, 6.07) is 6.31. The highest BCUT2D eigenvalue weighted by Gasteiger charge is 2.31. The molecule has 1 heterocycles.